The summed E-state index contributed by atoms with van der Waals surface area (Å²) in [6, 6.07) is 4.31. The fourth-order valence-electron chi connectivity index (χ4n) is 2.72. The molecule has 116 valence electrons. The van der Waals surface area contributed by atoms with E-state index in [1.54, 1.807) is 0 Å². The fourth-order valence-corrected chi connectivity index (χ4v) is 3.57. The van der Waals surface area contributed by atoms with Gasteiger partial charge in [-0.3, -0.25) is 4.79 Å². The minimum absolute atomic E-state index is 0.261. The van der Waals surface area contributed by atoms with Gasteiger partial charge in [-0.2, -0.15) is 13.2 Å². The Kier molecular flexibility index (Phi) is 5.30. The summed E-state index contributed by atoms with van der Waals surface area (Å²) in [5, 5.41) is 3.75. The average molecular weight is 364 g/mol. The molecule has 1 fully saturated rings. The third kappa shape index (κ3) is 4.22. The van der Waals surface area contributed by atoms with Gasteiger partial charge in [-0.15, -0.1) is 0 Å². The Bertz CT molecular complexity index is 487. The fraction of sp³-hybridized carbons (Fsp3) is 0.533. The Morgan fingerprint density at radius 1 is 1.19 bits per heavy atom. The average Bonchev–Trinajstić information content (AvgIpc) is 2.91. The van der Waals surface area contributed by atoms with Crippen molar-refractivity contribution in [3.63, 3.8) is 0 Å². The van der Waals surface area contributed by atoms with Gasteiger partial charge in [0.05, 0.1) is 5.56 Å². The highest BCUT2D eigenvalue weighted by molar-refractivity contribution is 9.09. The van der Waals surface area contributed by atoms with Gasteiger partial charge in [0.2, 0.25) is 0 Å². The van der Waals surface area contributed by atoms with Gasteiger partial charge < -0.3 is 5.32 Å². The lowest BCUT2D eigenvalue weighted by Gasteiger charge is -2.17. The number of benzene rings is 1. The molecule has 2 atom stereocenters. The van der Waals surface area contributed by atoms with Crippen molar-refractivity contribution >= 4 is 21.8 Å². The van der Waals surface area contributed by atoms with E-state index in [-0.39, 0.29) is 11.5 Å². The summed E-state index contributed by atoms with van der Waals surface area (Å²) in [7, 11) is 0. The van der Waals surface area contributed by atoms with Crippen LogP contribution in [0.1, 0.15) is 35.2 Å². The number of carbonyl (C=O) groups is 1. The molecule has 1 aromatic rings. The first-order chi connectivity index (χ1) is 9.91. The molecule has 2 unspecified atom stereocenters. The van der Waals surface area contributed by atoms with Gasteiger partial charge in [0.25, 0.3) is 5.91 Å². The standard InChI is InChI=1S/C15H17BrF3NO/c16-8-11-2-1-3-12(11)9-20-14(21)10-4-6-13(7-5-10)15(17,18)19/h4-7,11-12H,1-3,8-9H2,(H,20,21). The topological polar surface area (TPSA) is 29.1 Å². The number of hydrogen-bond donors (Lipinski definition) is 1. The van der Waals surface area contributed by atoms with E-state index >= 15 is 0 Å². The molecule has 0 aliphatic heterocycles. The summed E-state index contributed by atoms with van der Waals surface area (Å²) in [6.07, 6.45) is -0.964. The van der Waals surface area contributed by atoms with E-state index in [4.69, 9.17) is 0 Å². The maximum atomic E-state index is 12.5. The molecule has 2 rings (SSSR count). The van der Waals surface area contributed by atoms with Crippen LogP contribution >= 0.6 is 15.9 Å². The van der Waals surface area contributed by atoms with Crippen LogP contribution in [0.2, 0.25) is 0 Å². The predicted molar refractivity (Wildman–Crippen MR) is 78.4 cm³/mol. The van der Waals surface area contributed by atoms with Crippen molar-refractivity contribution in [2.45, 2.75) is 25.4 Å². The molecule has 1 amide bonds. The van der Waals surface area contributed by atoms with E-state index < -0.39 is 11.7 Å². The molecule has 0 spiro atoms. The minimum atomic E-state index is -4.37. The van der Waals surface area contributed by atoms with E-state index in [1.165, 1.54) is 12.1 Å². The molecule has 2 nitrogen and oxygen atoms in total. The van der Waals surface area contributed by atoms with E-state index in [0.717, 1.165) is 36.7 Å². The highest BCUT2D eigenvalue weighted by Gasteiger charge is 2.30. The second kappa shape index (κ2) is 6.81. The summed E-state index contributed by atoms with van der Waals surface area (Å²) in [4.78, 5) is 12.0. The monoisotopic (exact) mass is 363 g/mol. The predicted octanol–water partition coefficient (Wildman–Crippen LogP) is 4.25. The van der Waals surface area contributed by atoms with Crippen LogP contribution in [0.5, 0.6) is 0 Å². The summed E-state index contributed by atoms with van der Waals surface area (Å²) < 4.78 is 37.4. The van der Waals surface area contributed by atoms with Gasteiger partial charge >= 0.3 is 6.18 Å². The molecule has 1 aromatic carbocycles. The van der Waals surface area contributed by atoms with Gasteiger partial charge in [-0.1, -0.05) is 22.4 Å². The molecular weight excluding hydrogens is 347 g/mol. The third-order valence-corrected chi connectivity index (χ3v) is 4.85. The minimum Gasteiger partial charge on any atom is -0.352 e. The van der Waals surface area contributed by atoms with Crippen molar-refractivity contribution in [1.82, 2.24) is 5.32 Å². The number of carbonyl (C=O) groups excluding carboxylic acids is 1. The maximum Gasteiger partial charge on any atom is 0.416 e. The van der Waals surface area contributed by atoms with Crippen LogP contribution in [0.15, 0.2) is 24.3 Å². The van der Waals surface area contributed by atoms with Crippen LogP contribution in [-0.4, -0.2) is 17.8 Å². The van der Waals surface area contributed by atoms with E-state index in [1.807, 2.05) is 0 Å². The lowest BCUT2D eigenvalue weighted by Crippen LogP contribution is -2.31. The molecule has 0 saturated heterocycles. The first-order valence-corrected chi connectivity index (χ1v) is 8.05. The smallest absolute Gasteiger partial charge is 0.352 e. The van der Waals surface area contributed by atoms with Crippen molar-refractivity contribution in [1.29, 1.82) is 0 Å². The number of hydrogen-bond acceptors (Lipinski definition) is 1. The molecule has 6 heteroatoms. The normalized spacial score (nSPS) is 22.3. The Labute approximate surface area is 130 Å². The number of rotatable bonds is 4. The van der Waals surface area contributed by atoms with Crippen molar-refractivity contribution in [2.24, 2.45) is 11.8 Å². The van der Waals surface area contributed by atoms with Crippen LogP contribution in [0.3, 0.4) is 0 Å². The molecule has 1 aliphatic rings. The molecule has 1 saturated carbocycles. The molecule has 0 bridgehead atoms. The van der Waals surface area contributed by atoms with Crippen LogP contribution in [0.25, 0.3) is 0 Å². The molecule has 1 N–H and O–H groups in total. The second-order valence-electron chi connectivity index (χ2n) is 5.39. The lowest BCUT2D eigenvalue weighted by atomic mass is 9.98. The number of halogens is 4. The van der Waals surface area contributed by atoms with Gasteiger partial charge in [-0.05, 0) is 48.9 Å². The maximum absolute atomic E-state index is 12.5. The SMILES string of the molecule is O=C(NCC1CCCC1CBr)c1ccc(C(F)(F)F)cc1. The van der Waals surface area contributed by atoms with Gasteiger partial charge in [-0.25, -0.2) is 0 Å². The van der Waals surface area contributed by atoms with Crippen molar-refractivity contribution in [3.8, 4) is 0 Å². The molecular formula is C15H17BrF3NO. The third-order valence-electron chi connectivity index (χ3n) is 4.01. The molecule has 21 heavy (non-hydrogen) atoms. The molecule has 1 aliphatic carbocycles. The number of amides is 1. The van der Waals surface area contributed by atoms with E-state index in [9.17, 15) is 18.0 Å². The summed E-state index contributed by atoms with van der Waals surface area (Å²) in [5.74, 6) is 0.699. The van der Waals surface area contributed by atoms with E-state index in [2.05, 4.69) is 21.2 Å². The second-order valence-corrected chi connectivity index (χ2v) is 6.04. The van der Waals surface area contributed by atoms with Gasteiger partial charge in [0.15, 0.2) is 0 Å². The molecule has 0 aromatic heterocycles. The van der Waals surface area contributed by atoms with Crippen molar-refractivity contribution < 1.29 is 18.0 Å². The Hall–Kier alpha value is -1.04. The zero-order valence-electron chi connectivity index (χ0n) is 11.4. The molecule has 0 heterocycles. The quantitative estimate of drug-likeness (QED) is 0.796. The summed E-state index contributed by atoms with van der Waals surface area (Å²) in [5.41, 5.74) is -0.481. The van der Waals surface area contributed by atoms with Crippen molar-refractivity contribution in [2.75, 3.05) is 11.9 Å². The number of nitrogens with one attached hydrogen (secondary N) is 1. The summed E-state index contributed by atoms with van der Waals surface area (Å²) >= 11 is 3.48. The first kappa shape index (κ1) is 16.3. The zero-order chi connectivity index (χ0) is 15.5. The summed E-state index contributed by atoms with van der Waals surface area (Å²) in [6.45, 7) is 0.579. The molecule has 0 radical (unpaired) electrons. The van der Waals surface area contributed by atoms with Crippen LogP contribution in [0, 0.1) is 11.8 Å². The van der Waals surface area contributed by atoms with Gasteiger partial charge in [0, 0.05) is 17.4 Å². The number of alkyl halides is 4. The van der Waals surface area contributed by atoms with Crippen LogP contribution in [-0.2, 0) is 6.18 Å². The largest absolute Gasteiger partial charge is 0.416 e. The van der Waals surface area contributed by atoms with Crippen LogP contribution < -0.4 is 5.32 Å². The van der Waals surface area contributed by atoms with Crippen LogP contribution in [0.4, 0.5) is 13.2 Å². The van der Waals surface area contributed by atoms with E-state index in [0.29, 0.717) is 18.4 Å². The van der Waals surface area contributed by atoms with Crippen molar-refractivity contribution in [3.05, 3.63) is 35.4 Å². The van der Waals surface area contributed by atoms with Gasteiger partial charge in [0.1, 0.15) is 0 Å². The Balaban J connectivity index is 1.91. The first-order valence-electron chi connectivity index (χ1n) is 6.93. The zero-order valence-corrected chi connectivity index (χ0v) is 13.0. The Morgan fingerprint density at radius 2 is 1.81 bits per heavy atom. The highest BCUT2D eigenvalue weighted by atomic mass is 79.9. The Morgan fingerprint density at radius 3 is 2.38 bits per heavy atom. The lowest BCUT2D eigenvalue weighted by molar-refractivity contribution is -0.137. The highest BCUT2D eigenvalue weighted by Crippen LogP contribution is 2.32.